The van der Waals surface area contributed by atoms with Gasteiger partial charge in [-0.25, -0.2) is 9.37 Å². The molecular weight excluding hydrogens is 509 g/mol. The molecule has 5 rings (SSSR count). The fourth-order valence-corrected chi connectivity index (χ4v) is 5.81. The number of thiophene rings is 1. The SMILES string of the molecule is COc1cccc(NC(=O)CCSc2nc3scc(-c4ccc(F)cc4)c3c(=O)n2-c2ccccc2)c1. The van der Waals surface area contributed by atoms with Crippen molar-refractivity contribution in [3.05, 3.63) is 100 Å². The molecule has 0 saturated heterocycles. The minimum absolute atomic E-state index is 0.148. The predicted octanol–water partition coefficient (Wildman–Crippen LogP) is 6.38. The Morgan fingerprint density at radius 2 is 1.86 bits per heavy atom. The van der Waals surface area contributed by atoms with E-state index in [4.69, 9.17) is 9.72 Å². The van der Waals surface area contributed by atoms with Crippen molar-refractivity contribution in [1.29, 1.82) is 0 Å². The maximum Gasteiger partial charge on any atom is 0.268 e. The number of hydrogen-bond donors (Lipinski definition) is 1. The van der Waals surface area contributed by atoms with Gasteiger partial charge in [0.2, 0.25) is 5.91 Å². The zero-order valence-electron chi connectivity index (χ0n) is 19.8. The van der Waals surface area contributed by atoms with Gasteiger partial charge in [0.05, 0.1) is 18.2 Å². The van der Waals surface area contributed by atoms with Crippen LogP contribution in [0.1, 0.15) is 6.42 Å². The van der Waals surface area contributed by atoms with Crippen molar-refractivity contribution in [1.82, 2.24) is 9.55 Å². The minimum Gasteiger partial charge on any atom is -0.497 e. The van der Waals surface area contributed by atoms with E-state index in [2.05, 4.69) is 5.32 Å². The van der Waals surface area contributed by atoms with E-state index in [1.54, 1.807) is 35.9 Å². The van der Waals surface area contributed by atoms with Crippen molar-refractivity contribution in [3.63, 3.8) is 0 Å². The third-order valence-electron chi connectivity index (χ3n) is 5.66. The number of nitrogens with zero attached hydrogens (tertiary/aromatic N) is 2. The largest absolute Gasteiger partial charge is 0.497 e. The van der Waals surface area contributed by atoms with Gasteiger partial charge < -0.3 is 10.1 Å². The summed E-state index contributed by atoms with van der Waals surface area (Å²) in [6.07, 6.45) is 0.232. The summed E-state index contributed by atoms with van der Waals surface area (Å²) in [5, 5.41) is 5.73. The van der Waals surface area contributed by atoms with E-state index in [1.807, 2.05) is 47.8 Å². The standard InChI is InChI=1S/C28H22FN3O3S2/c1-35-22-9-5-6-20(16-22)30-24(33)14-15-36-28-31-26-25(27(34)32(28)21-7-3-2-4-8-21)23(17-37-26)18-10-12-19(29)13-11-18/h2-13,16-17H,14-15H2,1H3,(H,30,33). The van der Waals surface area contributed by atoms with Gasteiger partial charge in [0, 0.05) is 34.9 Å². The molecule has 9 heteroatoms. The van der Waals surface area contributed by atoms with Crippen LogP contribution in [0.2, 0.25) is 0 Å². The number of fused-ring (bicyclic) bond motifs is 1. The third-order valence-corrected chi connectivity index (χ3v) is 7.47. The first-order valence-corrected chi connectivity index (χ1v) is 13.3. The molecule has 3 aromatic carbocycles. The van der Waals surface area contributed by atoms with E-state index in [-0.39, 0.29) is 23.7 Å². The van der Waals surface area contributed by atoms with Crippen molar-refractivity contribution in [3.8, 4) is 22.6 Å². The number of carbonyl (C=O) groups is 1. The highest BCUT2D eigenvalue weighted by molar-refractivity contribution is 7.99. The van der Waals surface area contributed by atoms with Gasteiger partial charge in [-0.05, 0) is 42.0 Å². The summed E-state index contributed by atoms with van der Waals surface area (Å²) < 4.78 is 20.3. The number of aromatic nitrogens is 2. The summed E-state index contributed by atoms with van der Waals surface area (Å²) in [6, 6.07) is 22.5. The van der Waals surface area contributed by atoms with Gasteiger partial charge in [-0.1, -0.05) is 48.2 Å². The van der Waals surface area contributed by atoms with Gasteiger partial charge in [-0.2, -0.15) is 0 Å². The van der Waals surface area contributed by atoms with Gasteiger partial charge in [0.15, 0.2) is 5.16 Å². The van der Waals surface area contributed by atoms with E-state index < -0.39 is 0 Å². The Hall–Kier alpha value is -3.95. The number of para-hydroxylation sites is 1. The topological polar surface area (TPSA) is 73.2 Å². The predicted molar refractivity (Wildman–Crippen MR) is 148 cm³/mol. The van der Waals surface area contributed by atoms with Crippen molar-refractivity contribution < 1.29 is 13.9 Å². The number of benzene rings is 3. The first kappa shape index (κ1) is 24.7. The number of halogens is 1. The average Bonchev–Trinajstić information content (AvgIpc) is 3.34. The van der Waals surface area contributed by atoms with Crippen LogP contribution in [-0.4, -0.2) is 28.3 Å². The molecule has 0 aliphatic rings. The van der Waals surface area contributed by atoms with Crippen molar-refractivity contribution in [2.45, 2.75) is 11.6 Å². The van der Waals surface area contributed by atoms with Gasteiger partial charge in [0.25, 0.3) is 5.56 Å². The first-order valence-electron chi connectivity index (χ1n) is 11.5. The molecule has 0 unspecified atom stereocenters. The lowest BCUT2D eigenvalue weighted by Gasteiger charge is -2.13. The Morgan fingerprint density at radius 1 is 1.08 bits per heavy atom. The normalized spacial score (nSPS) is 11.0. The van der Waals surface area contributed by atoms with Crippen molar-refractivity contribution >= 4 is 44.9 Å². The van der Waals surface area contributed by atoms with Crippen LogP contribution in [0, 0.1) is 5.82 Å². The van der Waals surface area contributed by atoms with Crippen LogP contribution < -0.4 is 15.6 Å². The summed E-state index contributed by atoms with van der Waals surface area (Å²) in [6.45, 7) is 0. The summed E-state index contributed by atoms with van der Waals surface area (Å²) in [4.78, 5) is 31.8. The van der Waals surface area contributed by atoms with E-state index in [0.29, 0.717) is 38.3 Å². The first-order chi connectivity index (χ1) is 18.0. The lowest BCUT2D eigenvalue weighted by Crippen LogP contribution is -2.22. The van der Waals surface area contributed by atoms with E-state index in [1.165, 1.54) is 35.2 Å². The average molecular weight is 532 g/mol. The van der Waals surface area contributed by atoms with Crippen molar-refractivity contribution in [2.75, 3.05) is 18.2 Å². The smallest absolute Gasteiger partial charge is 0.268 e. The summed E-state index contributed by atoms with van der Waals surface area (Å²) in [7, 11) is 1.57. The number of amides is 1. The molecule has 0 atom stereocenters. The number of hydrogen-bond acceptors (Lipinski definition) is 6. The van der Waals surface area contributed by atoms with E-state index in [9.17, 15) is 14.0 Å². The van der Waals surface area contributed by atoms with Gasteiger partial charge >= 0.3 is 0 Å². The summed E-state index contributed by atoms with van der Waals surface area (Å²) in [5.74, 6) is 0.603. The minimum atomic E-state index is -0.336. The number of thioether (sulfide) groups is 1. The molecule has 186 valence electrons. The van der Waals surface area contributed by atoms with Crippen LogP contribution >= 0.6 is 23.1 Å². The molecule has 5 aromatic rings. The Balaban J connectivity index is 1.44. The van der Waals surface area contributed by atoms with Crippen LogP contribution in [0.25, 0.3) is 27.0 Å². The molecule has 1 amide bonds. The summed E-state index contributed by atoms with van der Waals surface area (Å²) >= 11 is 2.72. The van der Waals surface area contributed by atoms with Gasteiger partial charge in [-0.15, -0.1) is 11.3 Å². The lowest BCUT2D eigenvalue weighted by atomic mass is 10.1. The van der Waals surface area contributed by atoms with Crippen molar-refractivity contribution in [2.24, 2.45) is 0 Å². The molecule has 0 fully saturated rings. The van der Waals surface area contributed by atoms with Gasteiger partial charge in [0.1, 0.15) is 16.4 Å². The Morgan fingerprint density at radius 3 is 2.62 bits per heavy atom. The molecule has 0 saturated carbocycles. The maximum absolute atomic E-state index is 13.8. The number of carbonyl (C=O) groups excluding carboxylic acids is 1. The highest BCUT2D eigenvalue weighted by atomic mass is 32.2. The molecule has 0 aliphatic carbocycles. The second-order valence-corrected chi connectivity index (χ2v) is 10.0. The number of nitrogens with one attached hydrogen (secondary N) is 1. The molecule has 0 radical (unpaired) electrons. The monoisotopic (exact) mass is 531 g/mol. The highest BCUT2D eigenvalue weighted by Gasteiger charge is 2.19. The second kappa shape index (κ2) is 11.0. The fourth-order valence-electron chi connectivity index (χ4n) is 3.88. The van der Waals surface area contributed by atoms with E-state index >= 15 is 0 Å². The molecular formula is C28H22FN3O3S2. The molecule has 1 N–H and O–H groups in total. The van der Waals surface area contributed by atoms with Crippen LogP contribution in [0.5, 0.6) is 5.75 Å². The second-order valence-electron chi connectivity index (χ2n) is 8.09. The van der Waals surface area contributed by atoms with Crippen LogP contribution in [0.3, 0.4) is 0 Å². The quantitative estimate of drug-likeness (QED) is 0.186. The van der Waals surface area contributed by atoms with Crippen LogP contribution in [0.15, 0.2) is 94.2 Å². The van der Waals surface area contributed by atoms with Crippen LogP contribution in [0.4, 0.5) is 10.1 Å². The highest BCUT2D eigenvalue weighted by Crippen LogP contribution is 2.33. The number of ether oxygens (including phenoxy) is 1. The Labute approximate surface area is 220 Å². The zero-order valence-corrected chi connectivity index (χ0v) is 21.4. The lowest BCUT2D eigenvalue weighted by molar-refractivity contribution is -0.115. The molecule has 6 nitrogen and oxygen atoms in total. The Bertz CT molecular complexity index is 1620. The maximum atomic E-state index is 13.8. The molecule has 0 aliphatic heterocycles. The molecule has 2 aromatic heterocycles. The van der Waals surface area contributed by atoms with Gasteiger partial charge in [-0.3, -0.25) is 14.2 Å². The number of rotatable bonds is 8. The zero-order chi connectivity index (χ0) is 25.8. The van der Waals surface area contributed by atoms with Crippen LogP contribution in [-0.2, 0) is 4.79 Å². The Kier molecular flexibility index (Phi) is 7.34. The number of methoxy groups -OCH3 is 1. The molecule has 37 heavy (non-hydrogen) atoms. The molecule has 0 spiro atoms. The fraction of sp³-hybridized carbons (Fsp3) is 0.107. The number of anilines is 1. The molecule has 0 bridgehead atoms. The van der Waals surface area contributed by atoms with E-state index in [0.717, 1.165) is 11.1 Å². The molecule has 2 heterocycles. The third kappa shape index (κ3) is 5.42. The summed E-state index contributed by atoms with van der Waals surface area (Å²) in [5.41, 5.74) is 2.60.